The number of pyridine rings is 1. The lowest BCUT2D eigenvalue weighted by atomic mass is 10.0. The van der Waals surface area contributed by atoms with Gasteiger partial charge in [-0.15, -0.1) is 0 Å². The Morgan fingerprint density at radius 3 is 2.62 bits per heavy atom. The van der Waals surface area contributed by atoms with Crippen molar-refractivity contribution < 1.29 is 0 Å². The lowest BCUT2D eigenvalue weighted by molar-refractivity contribution is 0.864. The largest absolute Gasteiger partial charge is 0.398 e. The van der Waals surface area contributed by atoms with Crippen molar-refractivity contribution in [2.45, 2.75) is 6.92 Å². The van der Waals surface area contributed by atoms with E-state index >= 15 is 0 Å². The molecule has 26 heavy (non-hydrogen) atoms. The van der Waals surface area contributed by atoms with Crippen LogP contribution in [0, 0.1) is 6.92 Å². The molecule has 0 atom stereocenters. The summed E-state index contributed by atoms with van der Waals surface area (Å²) in [5.41, 5.74) is 10.4. The summed E-state index contributed by atoms with van der Waals surface area (Å²) in [6.45, 7) is 1.91. The van der Waals surface area contributed by atoms with Gasteiger partial charge in [-0.05, 0) is 64.8 Å². The van der Waals surface area contributed by atoms with E-state index in [1.807, 2.05) is 25.1 Å². The molecule has 0 aliphatic heterocycles. The van der Waals surface area contributed by atoms with Crippen LogP contribution in [0.4, 0.5) is 5.69 Å². The number of aromatic nitrogens is 3. The summed E-state index contributed by atoms with van der Waals surface area (Å²) in [6.07, 6.45) is 1.60. The van der Waals surface area contributed by atoms with Crippen molar-refractivity contribution >= 4 is 44.1 Å². The van der Waals surface area contributed by atoms with Crippen LogP contribution in [0.25, 0.3) is 27.7 Å². The number of aromatic amines is 1. The van der Waals surface area contributed by atoms with E-state index in [1.54, 1.807) is 30.5 Å². The first-order valence-electron chi connectivity index (χ1n) is 7.87. The summed E-state index contributed by atoms with van der Waals surface area (Å²) >= 11 is 9.41. The average molecular weight is 430 g/mol. The summed E-state index contributed by atoms with van der Waals surface area (Å²) < 4.78 is 2.30. The smallest absolute Gasteiger partial charge is 0.280 e. The summed E-state index contributed by atoms with van der Waals surface area (Å²) in [4.78, 5) is 17.3. The topological polar surface area (TPSA) is 76.7 Å². The molecule has 0 unspecified atom stereocenters. The maximum absolute atomic E-state index is 12.9. The van der Waals surface area contributed by atoms with Crippen molar-refractivity contribution in [1.29, 1.82) is 0 Å². The molecular weight excluding hydrogens is 416 g/mol. The Labute approximate surface area is 162 Å². The second-order valence-corrected chi connectivity index (χ2v) is 7.26. The molecule has 0 radical (unpaired) electrons. The zero-order valence-corrected chi connectivity index (χ0v) is 16.1. The Morgan fingerprint density at radius 1 is 1.19 bits per heavy atom. The first-order chi connectivity index (χ1) is 12.5. The SMILES string of the molecule is Cc1ncc2c(=O)n(-c3ccc(Cl)cc3)[nH]c2c1-c1ccc(N)c(Br)c1. The second-order valence-electron chi connectivity index (χ2n) is 5.97. The number of rotatable bonds is 2. The normalized spacial score (nSPS) is 11.2. The van der Waals surface area contributed by atoms with Gasteiger partial charge in [-0.1, -0.05) is 17.7 Å². The number of nitrogens with two attached hydrogens (primary N) is 1. The Morgan fingerprint density at radius 2 is 1.92 bits per heavy atom. The molecule has 130 valence electrons. The Kier molecular flexibility index (Phi) is 4.09. The van der Waals surface area contributed by atoms with Gasteiger partial charge in [0, 0.05) is 32.6 Å². The minimum atomic E-state index is -0.161. The predicted octanol–water partition coefficient (Wildman–Crippen LogP) is 4.69. The minimum absolute atomic E-state index is 0.161. The van der Waals surface area contributed by atoms with Gasteiger partial charge in [0.2, 0.25) is 0 Å². The van der Waals surface area contributed by atoms with Crippen molar-refractivity contribution in [1.82, 2.24) is 14.8 Å². The second kappa shape index (κ2) is 6.30. The van der Waals surface area contributed by atoms with Crippen LogP contribution in [0.2, 0.25) is 5.02 Å². The Balaban J connectivity index is 2.01. The highest BCUT2D eigenvalue weighted by Crippen LogP contribution is 2.32. The van der Waals surface area contributed by atoms with Crippen LogP contribution in [0.1, 0.15) is 5.69 Å². The van der Waals surface area contributed by atoms with Crippen LogP contribution in [-0.4, -0.2) is 14.8 Å². The van der Waals surface area contributed by atoms with E-state index in [0.717, 1.165) is 26.8 Å². The molecule has 0 spiro atoms. The fourth-order valence-electron chi connectivity index (χ4n) is 2.98. The molecule has 7 heteroatoms. The number of anilines is 1. The van der Waals surface area contributed by atoms with E-state index in [9.17, 15) is 4.79 Å². The number of hydrogen-bond donors (Lipinski definition) is 2. The molecule has 0 aliphatic rings. The zero-order chi connectivity index (χ0) is 18.4. The van der Waals surface area contributed by atoms with Gasteiger partial charge in [-0.3, -0.25) is 14.9 Å². The first kappa shape index (κ1) is 16.9. The van der Waals surface area contributed by atoms with E-state index in [-0.39, 0.29) is 5.56 Å². The molecule has 0 amide bonds. The number of fused-ring (bicyclic) bond motifs is 1. The number of aryl methyl sites for hydroxylation is 1. The molecule has 0 fully saturated rings. The zero-order valence-electron chi connectivity index (χ0n) is 13.8. The monoisotopic (exact) mass is 428 g/mol. The van der Waals surface area contributed by atoms with Crippen molar-refractivity contribution in [2.75, 3.05) is 5.73 Å². The third-order valence-corrected chi connectivity index (χ3v) is 5.24. The van der Waals surface area contributed by atoms with Crippen LogP contribution >= 0.6 is 27.5 Å². The van der Waals surface area contributed by atoms with Crippen LogP contribution in [0.5, 0.6) is 0 Å². The van der Waals surface area contributed by atoms with Crippen LogP contribution in [0.15, 0.2) is 57.9 Å². The van der Waals surface area contributed by atoms with Gasteiger partial charge in [-0.25, -0.2) is 4.68 Å². The average Bonchev–Trinajstić information content (AvgIpc) is 2.95. The molecule has 2 heterocycles. The third-order valence-electron chi connectivity index (χ3n) is 4.30. The Hall–Kier alpha value is -2.57. The van der Waals surface area contributed by atoms with Crippen LogP contribution in [-0.2, 0) is 0 Å². The predicted molar refractivity (Wildman–Crippen MR) is 109 cm³/mol. The standard InChI is InChI=1S/C19H14BrClN4O/c1-10-17(11-2-7-16(22)15(20)8-11)18-14(9-23-10)19(26)25(24-18)13-5-3-12(21)4-6-13/h2-9,24H,22H2,1H3. The molecule has 2 aromatic carbocycles. The van der Waals surface area contributed by atoms with Gasteiger partial charge in [0.05, 0.1) is 16.6 Å². The quantitative estimate of drug-likeness (QED) is 0.454. The number of benzene rings is 2. The van der Waals surface area contributed by atoms with E-state index < -0.39 is 0 Å². The van der Waals surface area contributed by atoms with Crippen molar-refractivity contribution in [3.63, 3.8) is 0 Å². The number of halogens is 2. The first-order valence-corrected chi connectivity index (χ1v) is 9.04. The lowest BCUT2D eigenvalue weighted by Crippen LogP contribution is -2.14. The molecule has 2 aromatic heterocycles. The molecule has 0 saturated heterocycles. The maximum atomic E-state index is 12.9. The van der Waals surface area contributed by atoms with E-state index in [2.05, 4.69) is 26.0 Å². The van der Waals surface area contributed by atoms with E-state index in [1.165, 1.54) is 4.68 Å². The number of nitrogen functional groups attached to an aromatic ring is 1. The van der Waals surface area contributed by atoms with Gasteiger partial charge >= 0.3 is 0 Å². The number of nitrogens with zero attached hydrogens (tertiary/aromatic N) is 2. The molecular formula is C19H14BrClN4O. The fourth-order valence-corrected chi connectivity index (χ4v) is 3.48. The highest BCUT2D eigenvalue weighted by Gasteiger charge is 2.16. The Bertz CT molecular complexity index is 1190. The minimum Gasteiger partial charge on any atom is -0.398 e. The molecule has 4 aromatic rings. The molecule has 3 N–H and O–H groups in total. The highest BCUT2D eigenvalue weighted by atomic mass is 79.9. The molecule has 0 saturated carbocycles. The van der Waals surface area contributed by atoms with Crippen LogP contribution in [0.3, 0.4) is 0 Å². The summed E-state index contributed by atoms with van der Waals surface area (Å²) in [6, 6.07) is 12.7. The van der Waals surface area contributed by atoms with Crippen molar-refractivity contribution in [2.24, 2.45) is 0 Å². The fraction of sp³-hybridized carbons (Fsp3) is 0.0526. The third kappa shape index (κ3) is 2.71. The van der Waals surface area contributed by atoms with Crippen LogP contribution < -0.4 is 11.3 Å². The number of H-pyrrole nitrogens is 1. The number of nitrogens with one attached hydrogen (secondary N) is 1. The molecule has 5 nitrogen and oxygen atoms in total. The van der Waals surface area contributed by atoms with Crippen molar-refractivity contribution in [3.05, 3.63) is 74.2 Å². The molecule has 0 bridgehead atoms. The number of hydrogen-bond acceptors (Lipinski definition) is 3. The lowest BCUT2D eigenvalue weighted by Gasteiger charge is -2.08. The highest BCUT2D eigenvalue weighted by molar-refractivity contribution is 9.10. The summed E-state index contributed by atoms with van der Waals surface area (Å²) in [7, 11) is 0. The van der Waals surface area contributed by atoms with Gasteiger partial charge in [0.1, 0.15) is 0 Å². The van der Waals surface area contributed by atoms with E-state index in [0.29, 0.717) is 21.8 Å². The van der Waals surface area contributed by atoms with Gasteiger partial charge in [-0.2, -0.15) is 0 Å². The summed E-state index contributed by atoms with van der Waals surface area (Å²) in [5, 5.41) is 4.35. The maximum Gasteiger partial charge on any atom is 0.280 e. The molecule has 0 aliphatic carbocycles. The van der Waals surface area contributed by atoms with E-state index in [4.69, 9.17) is 17.3 Å². The summed E-state index contributed by atoms with van der Waals surface area (Å²) in [5.74, 6) is 0. The van der Waals surface area contributed by atoms with Gasteiger partial charge in [0.25, 0.3) is 5.56 Å². The van der Waals surface area contributed by atoms with Gasteiger partial charge in [0.15, 0.2) is 0 Å². The van der Waals surface area contributed by atoms with Gasteiger partial charge < -0.3 is 5.73 Å². The molecule has 4 rings (SSSR count). The van der Waals surface area contributed by atoms with Crippen molar-refractivity contribution in [3.8, 4) is 16.8 Å².